The molecule has 1 fully saturated rings. The zero-order valence-electron chi connectivity index (χ0n) is 17.8. The van der Waals surface area contributed by atoms with Gasteiger partial charge in [-0.25, -0.2) is 8.42 Å². The summed E-state index contributed by atoms with van der Waals surface area (Å²) in [6.07, 6.45) is 0. The largest absolute Gasteiger partial charge is 0.493 e. The molecule has 30 heavy (non-hydrogen) atoms. The number of benzene rings is 2. The smallest absolute Gasteiger partial charge is 0.243 e. The number of hydrogen-bond donors (Lipinski definition) is 0. The molecule has 0 saturated carbocycles. The van der Waals surface area contributed by atoms with E-state index in [0.717, 1.165) is 5.56 Å². The minimum atomic E-state index is -3.60. The fourth-order valence-corrected chi connectivity index (χ4v) is 4.93. The maximum absolute atomic E-state index is 13.1. The van der Waals surface area contributed by atoms with Gasteiger partial charge < -0.3 is 18.9 Å². The number of methoxy groups -OCH3 is 4. The first kappa shape index (κ1) is 22.2. The lowest BCUT2D eigenvalue weighted by molar-refractivity contribution is 0.181. The molecule has 0 atom stereocenters. The van der Waals surface area contributed by atoms with Crippen LogP contribution in [0.2, 0.25) is 0 Å². The summed E-state index contributed by atoms with van der Waals surface area (Å²) in [6, 6.07) is 10.5. The summed E-state index contributed by atoms with van der Waals surface area (Å²) < 4.78 is 48.7. The van der Waals surface area contributed by atoms with E-state index >= 15 is 0 Å². The van der Waals surface area contributed by atoms with Gasteiger partial charge in [0.15, 0.2) is 23.0 Å². The molecule has 0 bridgehead atoms. The molecular formula is C21H28N2O6S. The summed E-state index contributed by atoms with van der Waals surface area (Å²) in [5, 5.41) is 0. The Morgan fingerprint density at radius 3 is 1.83 bits per heavy atom. The van der Waals surface area contributed by atoms with Crippen LogP contribution in [-0.4, -0.2) is 72.2 Å². The number of rotatable bonds is 8. The van der Waals surface area contributed by atoms with Crippen LogP contribution >= 0.6 is 0 Å². The van der Waals surface area contributed by atoms with E-state index in [0.29, 0.717) is 55.7 Å². The van der Waals surface area contributed by atoms with E-state index in [4.69, 9.17) is 18.9 Å². The molecule has 0 aromatic heterocycles. The lowest BCUT2D eigenvalue weighted by Gasteiger charge is -2.34. The number of ether oxygens (including phenoxy) is 4. The van der Waals surface area contributed by atoms with Crippen molar-refractivity contribution >= 4 is 10.0 Å². The van der Waals surface area contributed by atoms with E-state index in [1.54, 1.807) is 26.4 Å². The minimum Gasteiger partial charge on any atom is -0.493 e. The monoisotopic (exact) mass is 436 g/mol. The summed E-state index contributed by atoms with van der Waals surface area (Å²) in [5.74, 6) is 2.26. The Hall–Kier alpha value is -2.49. The third-order valence-corrected chi connectivity index (χ3v) is 7.07. The fourth-order valence-electron chi connectivity index (χ4n) is 3.49. The van der Waals surface area contributed by atoms with Crippen LogP contribution < -0.4 is 18.9 Å². The van der Waals surface area contributed by atoms with Gasteiger partial charge in [-0.15, -0.1) is 0 Å². The first-order valence-electron chi connectivity index (χ1n) is 9.58. The molecule has 2 aromatic carbocycles. The summed E-state index contributed by atoms with van der Waals surface area (Å²) in [6.45, 7) is 2.83. The Balaban J connectivity index is 1.66. The van der Waals surface area contributed by atoms with Crippen molar-refractivity contribution in [2.75, 3.05) is 54.6 Å². The molecule has 0 radical (unpaired) electrons. The van der Waals surface area contributed by atoms with E-state index in [1.807, 2.05) is 18.2 Å². The summed E-state index contributed by atoms with van der Waals surface area (Å²) in [5.41, 5.74) is 1.09. The average Bonchev–Trinajstić information content (AvgIpc) is 2.78. The SMILES string of the molecule is COc1ccc(CN2CCN(S(=O)(=O)c3ccc(OC)c(OC)c3)CC2)cc1OC. The first-order valence-corrected chi connectivity index (χ1v) is 11.0. The maximum atomic E-state index is 13.1. The molecule has 8 nitrogen and oxygen atoms in total. The molecule has 3 rings (SSSR count). The van der Waals surface area contributed by atoms with Gasteiger partial charge in [0.2, 0.25) is 10.0 Å². The van der Waals surface area contributed by atoms with Crippen molar-refractivity contribution in [2.45, 2.75) is 11.4 Å². The average molecular weight is 437 g/mol. The first-order chi connectivity index (χ1) is 14.4. The number of nitrogens with zero attached hydrogens (tertiary/aromatic N) is 2. The van der Waals surface area contributed by atoms with Crippen LogP contribution in [0.3, 0.4) is 0 Å². The second-order valence-electron chi connectivity index (χ2n) is 6.89. The minimum absolute atomic E-state index is 0.202. The predicted molar refractivity (Wildman–Crippen MR) is 113 cm³/mol. The molecule has 164 valence electrons. The van der Waals surface area contributed by atoms with Gasteiger partial charge in [0.05, 0.1) is 33.3 Å². The molecular weight excluding hydrogens is 408 g/mol. The summed E-state index contributed by atoms with van der Waals surface area (Å²) >= 11 is 0. The summed E-state index contributed by atoms with van der Waals surface area (Å²) in [4.78, 5) is 2.43. The van der Waals surface area contributed by atoms with Crippen LogP contribution in [0.4, 0.5) is 0 Å². The molecule has 2 aromatic rings. The number of sulfonamides is 1. The van der Waals surface area contributed by atoms with Crippen LogP contribution in [-0.2, 0) is 16.6 Å². The van der Waals surface area contributed by atoms with Crippen LogP contribution in [0.25, 0.3) is 0 Å². The second-order valence-corrected chi connectivity index (χ2v) is 8.82. The Morgan fingerprint density at radius 2 is 1.27 bits per heavy atom. The summed E-state index contributed by atoms with van der Waals surface area (Å²) in [7, 11) is 2.62. The molecule has 0 aliphatic carbocycles. The fraction of sp³-hybridized carbons (Fsp3) is 0.429. The highest BCUT2D eigenvalue weighted by atomic mass is 32.2. The molecule has 0 spiro atoms. The van der Waals surface area contributed by atoms with Gasteiger partial charge in [-0.2, -0.15) is 4.31 Å². The molecule has 1 saturated heterocycles. The van der Waals surface area contributed by atoms with Crippen molar-refractivity contribution in [3.63, 3.8) is 0 Å². The van der Waals surface area contributed by atoms with Crippen molar-refractivity contribution < 1.29 is 27.4 Å². The van der Waals surface area contributed by atoms with E-state index < -0.39 is 10.0 Å². The standard InChI is InChI=1S/C21H28N2O6S/c1-26-18-7-5-16(13-20(18)28-3)15-22-9-11-23(12-10-22)30(24,25)17-6-8-19(27-2)21(14-17)29-4/h5-8,13-14H,9-12,15H2,1-4H3. The lowest BCUT2D eigenvalue weighted by atomic mass is 10.1. The van der Waals surface area contributed by atoms with Gasteiger partial charge in [-0.3, -0.25) is 4.90 Å². The van der Waals surface area contributed by atoms with Gasteiger partial charge in [0.1, 0.15) is 0 Å². The van der Waals surface area contributed by atoms with Crippen LogP contribution in [0.5, 0.6) is 23.0 Å². The quantitative estimate of drug-likeness (QED) is 0.628. The van der Waals surface area contributed by atoms with E-state index in [9.17, 15) is 8.42 Å². The molecule has 1 aliphatic rings. The van der Waals surface area contributed by atoms with Gasteiger partial charge in [-0.05, 0) is 29.8 Å². The van der Waals surface area contributed by atoms with E-state index in [2.05, 4.69) is 4.90 Å². The number of hydrogen-bond acceptors (Lipinski definition) is 7. The second kappa shape index (κ2) is 9.55. The maximum Gasteiger partial charge on any atom is 0.243 e. The highest BCUT2D eigenvalue weighted by Crippen LogP contribution is 2.31. The van der Waals surface area contributed by atoms with Gasteiger partial charge in [0, 0.05) is 38.8 Å². The van der Waals surface area contributed by atoms with Crippen molar-refractivity contribution in [1.82, 2.24) is 9.21 Å². The topological polar surface area (TPSA) is 77.5 Å². The molecule has 1 heterocycles. The third-order valence-electron chi connectivity index (χ3n) is 5.18. The van der Waals surface area contributed by atoms with Crippen LogP contribution in [0.15, 0.2) is 41.3 Å². The van der Waals surface area contributed by atoms with E-state index in [-0.39, 0.29) is 4.90 Å². The number of piperazine rings is 1. The van der Waals surface area contributed by atoms with Crippen LogP contribution in [0, 0.1) is 0 Å². The third kappa shape index (κ3) is 4.63. The molecule has 0 N–H and O–H groups in total. The van der Waals surface area contributed by atoms with Gasteiger partial charge in [-0.1, -0.05) is 6.07 Å². The van der Waals surface area contributed by atoms with Gasteiger partial charge >= 0.3 is 0 Å². The Labute approximate surface area is 178 Å². The predicted octanol–water partition coefficient (Wildman–Crippen LogP) is 2.23. The molecule has 1 aliphatic heterocycles. The lowest BCUT2D eigenvalue weighted by Crippen LogP contribution is -2.48. The van der Waals surface area contributed by atoms with Crippen LogP contribution in [0.1, 0.15) is 5.56 Å². The molecule has 0 unspecified atom stereocenters. The molecule has 0 amide bonds. The highest BCUT2D eigenvalue weighted by molar-refractivity contribution is 7.89. The van der Waals surface area contributed by atoms with Crippen molar-refractivity contribution in [2.24, 2.45) is 0 Å². The van der Waals surface area contributed by atoms with Crippen molar-refractivity contribution in [1.29, 1.82) is 0 Å². The normalized spacial score (nSPS) is 15.6. The highest BCUT2D eigenvalue weighted by Gasteiger charge is 2.29. The van der Waals surface area contributed by atoms with E-state index in [1.165, 1.54) is 24.6 Å². The Kier molecular flexibility index (Phi) is 7.06. The van der Waals surface area contributed by atoms with Gasteiger partial charge in [0.25, 0.3) is 0 Å². The zero-order chi connectivity index (χ0) is 21.7. The zero-order valence-corrected chi connectivity index (χ0v) is 18.6. The molecule has 9 heteroatoms. The van der Waals surface area contributed by atoms with Crippen molar-refractivity contribution in [3.05, 3.63) is 42.0 Å². The Morgan fingerprint density at radius 1 is 0.733 bits per heavy atom. The Bertz CT molecular complexity index is 971. The van der Waals surface area contributed by atoms with Crippen molar-refractivity contribution in [3.8, 4) is 23.0 Å².